The van der Waals surface area contributed by atoms with Crippen LogP contribution < -0.4 is 0 Å². The zero-order valence-electron chi connectivity index (χ0n) is 15.7. The molecule has 24 heavy (non-hydrogen) atoms. The lowest BCUT2D eigenvalue weighted by Gasteiger charge is -1.98. The summed E-state index contributed by atoms with van der Waals surface area (Å²) in [6, 6.07) is 0. The molecule has 0 spiro atoms. The smallest absolute Gasteiger partial charge is 0.0431 e. The van der Waals surface area contributed by atoms with Gasteiger partial charge in [0.15, 0.2) is 0 Å². The van der Waals surface area contributed by atoms with Gasteiger partial charge in [-0.3, -0.25) is 0 Å². The zero-order chi connectivity index (χ0) is 18.1. The number of unbranched alkanes of at least 4 members (excludes halogenated alkanes) is 14. The van der Waals surface area contributed by atoms with Crippen LogP contribution in [0.1, 0.15) is 103 Å². The summed E-state index contributed by atoms with van der Waals surface area (Å²) in [7, 11) is 0. The van der Waals surface area contributed by atoms with E-state index in [1.54, 1.807) is 0 Å². The number of rotatable bonds is 16. The molecule has 0 amide bonds. The Hall–Kier alpha value is -0.440. The van der Waals surface area contributed by atoms with E-state index in [1.807, 2.05) is 0 Å². The summed E-state index contributed by atoms with van der Waals surface area (Å²) in [5.41, 5.74) is 0. The number of terminal acetylenes is 2. The molecule has 0 atom stereocenters. The normalized spacial score (nSPS) is 9.67. The van der Waals surface area contributed by atoms with E-state index >= 15 is 0 Å². The number of hydrogen-bond donors (Lipinski definition) is 1. The molecule has 0 saturated carbocycles. The van der Waals surface area contributed by atoms with Crippen LogP contribution in [0.4, 0.5) is 0 Å². The molecule has 0 aliphatic carbocycles. The van der Waals surface area contributed by atoms with Crippen molar-refractivity contribution in [3.05, 3.63) is 0 Å². The third-order valence-electron chi connectivity index (χ3n) is 3.93. The van der Waals surface area contributed by atoms with Crippen molar-refractivity contribution < 1.29 is 5.11 Å². The summed E-state index contributed by atoms with van der Waals surface area (Å²) in [4.78, 5) is 0. The predicted molar refractivity (Wildman–Crippen MR) is 112 cm³/mol. The van der Waals surface area contributed by atoms with Crippen LogP contribution in [-0.4, -0.2) is 17.0 Å². The average molecular weight is 399 g/mol. The fourth-order valence-corrected chi connectivity index (χ4v) is 2.82. The van der Waals surface area contributed by atoms with Crippen molar-refractivity contribution in [2.75, 3.05) is 11.9 Å². The first kappa shape index (κ1) is 25.8. The molecule has 0 aromatic rings. The second-order valence-corrected chi connectivity index (χ2v) is 7.06. The molecule has 2 heteroatoms. The van der Waals surface area contributed by atoms with Gasteiger partial charge < -0.3 is 5.11 Å². The molecule has 0 aromatic carbocycles. The molecule has 0 heterocycles. The lowest BCUT2D eigenvalue weighted by atomic mass is 10.1. The van der Waals surface area contributed by atoms with E-state index in [-0.39, 0.29) is 0 Å². The molecule has 140 valence electrons. The van der Waals surface area contributed by atoms with Crippen LogP contribution in [0.5, 0.6) is 0 Å². The van der Waals surface area contributed by atoms with Crippen molar-refractivity contribution in [2.24, 2.45) is 0 Å². The molecular weight excluding hydrogens is 360 g/mol. The maximum absolute atomic E-state index is 8.52. The maximum Gasteiger partial charge on any atom is 0.0431 e. The fraction of sp³-hybridized carbons (Fsp3) is 0.818. The van der Waals surface area contributed by atoms with Gasteiger partial charge in [-0.1, -0.05) is 80.1 Å². The Morgan fingerprint density at radius 2 is 0.875 bits per heavy atom. The van der Waals surface area contributed by atoms with E-state index < -0.39 is 0 Å². The van der Waals surface area contributed by atoms with Crippen molar-refractivity contribution >= 4 is 15.9 Å². The second-order valence-electron chi connectivity index (χ2n) is 6.27. The molecule has 0 aliphatic rings. The van der Waals surface area contributed by atoms with Gasteiger partial charge in [0.1, 0.15) is 0 Å². The largest absolute Gasteiger partial charge is 0.396 e. The highest BCUT2D eigenvalue weighted by Crippen LogP contribution is 2.09. The van der Waals surface area contributed by atoms with Gasteiger partial charge in [0.05, 0.1) is 0 Å². The molecule has 0 fully saturated rings. The molecule has 1 nitrogen and oxygen atoms in total. The minimum Gasteiger partial charge on any atom is -0.396 e. The van der Waals surface area contributed by atoms with Gasteiger partial charge in [-0.15, -0.1) is 24.7 Å². The highest BCUT2D eigenvalue weighted by molar-refractivity contribution is 9.09. The van der Waals surface area contributed by atoms with Gasteiger partial charge >= 0.3 is 0 Å². The zero-order valence-corrected chi connectivity index (χ0v) is 17.3. The molecule has 0 aromatic heterocycles. The summed E-state index contributed by atoms with van der Waals surface area (Å²) in [5, 5.41) is 9.67. The molecule has 1 N–H and O–H groups in total. The van der Waals surface area contributed by atoms with Gasteiger partial charge in [-0.05, 0) is 25.7 Å². The standard InChI is InChI=1S/C11H19Br.C11H20O/c2*1-2-3-4-5-6-7-8-9-10-11-12/h1H,3-11H2;1,12H,3-11H2. The van der Waals surface area contributed by atoms with E-state index in [0.29, 0.717) is 6.61 Å². The molecule has 0 rings (SSSR count). The molecule has 0 saturated heterocycles. The number of alkyl halides is 1. The Morgan fingerprint density at radius 1 is 0.542 bits per heavy atom. The van der Waals surface area contributed by atoms with E-state index in [1.165, 1.54) is 83.5 Å². The van der Waals surface area contributed by atoms with Gasteiger partial charge in [-0.25, -0.2) is 0 Å². The van der Waals surface area contributed by atoms with Crippen molar-refractivity contribution in [3.63, 3.8) is 0 Å². The Bertz CT molecular complexity index is 257. The maximum atomic E-state index is 8.52. The van der Waals surface area contributed by atoms with Crippen LogP contribution >= 0.6 is 15.9 Å². The first-order chi connectivity index (χ1) is 11.8. The summed E-state index contributed by atoms with van der Waals surface area (Å²) < 4.78 is 0. The summed E-state index contributed by atoms with van der Waals surface area (Å²) in [6.07, 6.45) is 30.0. The van der Waals surface area contributed by atoms with Crippen molar-refractivity contribution in [3.8, 4) is 24.7 Å². The predicted octanol–water partition coefficient (Wildman–Crippen LogP) is 6.87. The third-order valence-corrected chi connectivity index (χ3v) is 4.49. The Balaban J connectivity index is 0. The topological polar surface area (TPSA) is 20.2 Å². The Labute approximate surface area is 160 Å². The van der Waals surface area contributed by atoms with Crippen LogP contribution in [0, 0.1) is 24.7 Å². The van der Waals surface area contributed by atoms with E-state index in [0.717, 1.165) is 24.6 Å². The van der Waals surface area contributed by atoms with E-state index in [9.17, 15) is 0 Å². The van der Waals surface area contributed by atoms with Crippen LogP contribution in [0.25, 0.3) is 0 Å². The molecule has 0 bridgehead atoms. The molecule has 0 aliphatic heterocycles. The first-order valence-corrected chi connectivity index (χ1v) is 11.0. The summed E-state index contributed by atoms with van der Waals surface area (Å²) in [5.74, 6) is 5.32. The SMILES string of the molecule is C#CCCCCCCCCCBr.C#CCCCCCCCCCO. The van der Waals surface area contributed by atoms with Crippen LogP contribution in [0.15, 0.2) is 0 Å². The minimum atomic E-state index is 0.344. The number of aliphatic hydroxyl groups excluding tert-OH is 1. The van der Waals surface area contributed by atoms with Crippen molar-refractivity contribution in [1.29, 1.82) is 0 Å². The van der Waals surface area contributed by atoms with E-state index in [2.05, 4.69) is 27.8 Å². The van der Waals surface area contributed by atoms with Crippen LogP contribution in [0.3, 0.4) is 0 Å². The van der Waals surface area contributed by atoms with E-state index in [4.69, 9.17) is 18.0 Å². The average Bonchev–Trinajstić information content (AvgIpc) is 2.60. The highest BCUT2D eigenvalue weighted by Gasteiger charge is 1.90. The molecule has 0 unspecified atom stereocenters. The number of aliphatic hydroxyl groups is 1. The van der Waals surface area contributed by atoms with Gasteiger partial charge in [0.25, 0.3) is 0 Å². The highest BCUT2D eigenvalue weighted by atomic mass is 79.9. The minimum absolute atomic E-state index is 0.344. The number of hydrogen-bond acceptors (Lipinski definition) is 1. The molecule has 0 radical (unpaired) electrons. The first-order valence-electron chi connectivity index (χ1n) is 9.87. The van der Waals surface area contributed by atoms with Crippen LogP contribution in [-0.2, 0) is 0 Å². The Kier molecular flexibility index (Phi) is 29.5. The van der Waals surface area contributed by atoms with Crippen LogP contribution in [0.2, 0.25) is 0 Å². The summed E-state index contributed by atoms with van der Waals surface area (Å²) in [6.45, 7) is 0.344. The number of halogens is 1. The summed E-state index contributed by atoms with van der Waals surface area (Å²) >= 11 is 3.43. The van der Waals surface area contributed by atoms with Gasteiger partial charge in [-0.2, -0.15) is 0 Å². The fourth-order valence-electron chi connectivity index (χ4n) is 2.43. The van der Waals surface area contributed by atoms with Crippen molar-refractivity contribution in [1.82, 2.24) is 0 Å². The Morgan fingerprint density at radius 3 is 1.21 bits per heavy atom. The molecular formula is C22H39BrO. The lowest BCUT2D eigenvalue weighted by molar-refractivity contribution is 0.282. The van der Waals surface area contributed by atoms with Gasteiger partial charge in [0, 0.05) is 24.8 Å². The second kappa shape index (κ2) is 27.4. The van der Waals surface area contributed by atoms with Gasteiger partial charge in [0.2, 0.25) is 0 Å². The lowest BCUT2D eigenvalue weighted by Crippen LogP contribution is -1.83. The monoisotopic (exact) mass is 398 g/mol. The quantitative estimate of drug-likeness (QED) is 0.171. The van der Waals surface area contributed by atoms with Crippen molar-refractivity contribution in [2.45, 2.75) is 103 Å². The third kappa shape index (κ3) is 29.6.